The number of hydrogen-bond acceptors (Lipinski definition) is 5. The lowest BCUT2D eigenvalue weighted by Crippen LogP contribution is -2.35. The first-order valence-corrected chi connectivity index (χ1v) is 6.39. The smallest absolute Gasteiger partial charge is 0.254 e. The third kappa shape index (κ3) is 1.84. The molecule has 1 aromatic rings. The highest BCUT2D eigenvalue weighted by Crippen LogP contribution is 2.27. The van der Waals surface area contributed by atoms with Gasteiger partial charge in [-0.1, -0.05) is 12.1 Å². The number of ether oxygens (including phenoxy) is 1. The largest absolute Gasteiger partial charge is 0.497 e. The Morgan fingerprint density at radius 1 is 1.25 bits per heavy atom. The van der Waals surface area contributed by atoms with Crippen molar-refractivity contribution in [3.8, 4) is 5.75 Å². The van der Waals surface area contributed by atoms with Crippen LogP contribution in [0.5, 0.6) is 5.75 Å². The Kier molecular flexibility index (Phi) is 2.93. The molecule has 0 aliphatic carbocycles. The molecule has 3 rings (SSSR count). The second-order valence-corrected chi connectivity index (χ2v) is 4.95. The van der Waals surface area contributed by atoms with Gasteiger partial charge in [-0.15, -0.1) is 0 Å². The normalized spacial score (nSPS) is 24.5. The van der Waals surface area contributed by atoms with Crippen molar-refractivity contribution >= 4 is 17.5 Å². The van der Waals surface area contributed by atoms with Crippen LogP contribution in [-0.4, -0.2) is 35.6 Å². The number of nitrogens with zero attached hydrogens (tertiary/aromatic N) is 2. The van der Waals surface area contributed by atoms with E-state index < -0.39 is 12.0 Å². The van der Waals surface area contributed by atoms with Gasteiger partial charge in [0.25, 0.3) is 5.91 Å². The molecule has 1 fully saturated rings. The Hall–Kier alpha value is -2.37. The highest BCUT2D eigenvalue weighted by atomic mass is 16.5. The quantitative estimate of drug-likeness (QED) is 0.815. The van der Waals surface area contributed by atoms with Gasteiger partial charge in [0, 0.05) is 5.71 Å². The van der Waals surface area contributed by atoms with Crippen LogP contribution in [0.4, 0.5) is 0 Å². The summed E-state index contributed by atoms with van der Waals surface area (Å²) in [6, 6.07) is 6.79. The van der Waals surface area contributed by atoms with Crippen LogP contribution in [0.25, 0.3) is 0 Å². The number of hydrogen-bond donors (Lipinski definition) is 1. The summed E-state index contributed by atoms with van der Waals surface area (Å²) in [5, 5.41) is 3.97. The van der Waals surface area contributed by atoms with Crippen molar-refractivity contribution in [3.63, 3.8) is 0 Å². The van der Waals surface area contributed by atoms with Gasteiger partial charge in [0.2, 0.25) is 5.91 Å². The van der Waals surface area contributed by atoms with Crippen molar-refractivity contribution in [1.82, 2.24) is 10.3 Å². The van der Waals surface area contributed by atoms with E-state index in [-0.39, 0.29) is 18.4 Å². The average Bonchev–Trinajstić information content (AvgIpc) is 2.95. The first-order chi connectivity index (χ1) is 9.61. The third-order valence-corrected chi connectivity index (χ3v) is 3.73. The molecule has 6 nitrogen and oxygen atoms in total. The van der Waals surface area contributed by atoms with Crippen LogP contribution in [0.15, 0.2) is 29.4 Å². The molecule has 2 amide bonds. The van der Waals surface area contributed by atoms with Crippen LogP contribution < -0.4 is 10.2 Å². The number of carbonyl (C=O) groups excluding carboxylic acids is 2. The van der Waals surface area contributed by atoms with Gasteiger partial charge < -0.3 is 4.74 Å². The molecule has 2 aliphatic rings. The molecule has 6 heteroatoms. The van der Waals surface area contributed by atoms with Crippen LogP contribution in [0.1, 0.15) is 12.5 Å². The lowest BCUT2D eigenvalue weighted by atomic mass is 10.0. The minimum absolute atomic E-state index is 0.179. The van der Waals surface area contributed by atoms with E-state index in [4.69, 9.17) is 4.74 Å². The van der Waals surface area contributed by atoms with E-state index in [1.54, 1.807) is 14.0 Å². The van der Waals surface area contributed by atoms with Gasteiger partial charge in [0.05, 0.1) is 13.7 Å². The number of methoxy groups -OCH3 is 1. The summed E-state index contributed by atoms with van der Waals surface area (Å²) in [7, 11) is 1.59. The molecule has 1 N–H and O–H groups in total. The molecule has 0 spiro atoms. The number of imide groups is 1. The molecule has 0 aromatic heterocycles. The number of nitrogens with one attached hydrogen (secondary N) is 1. The molecule has 0 saturated carbocycles. The third-order valence-electron chi connectivity index (χ3n) is 3.73. The molecule has 0 bridgehead atoms. The molecule has 1 saturated heterocycles. The molecular formula is C14H15N3O3. The Bertz CT molecular complexity index is 594. The van der Waals surface area contributed by atoms with Crippen LogP contribution >= 0.6 is 0 Å². The van der Waals surface area contributed by atoms with Gasteiger partial charge in [-0.25, -0.2) is 0 Å². The Morgan fingerprint density at radius 2 is 1.95 bits per heavy atom. The first-order valence-electron chi connectivity index (χ1n) is 6.39. The molecule has 104 valence electrons. The van der Waals surface area contributed by atoms with E-state index in [0.717, 1.165) is 11.3 Å². The summed E-state index contributed by atoms with van der Waals surface area (Å²) in [4.78, 5) is 25.8. The Labute approximate surface area is 116 Å². The zero-order chi connectivity index (χ0) is 14.3. The predicted molar refractivity (Wildman–Crippen MR) is 72.1 cm³/mol. The van der Waals surface area contributed by atoms with Gasteiger partial charge >= 0.3 is 0 Å². The Morgan fingerprint density at radius 3 is 2.55 bits per heavy atom. The topological polar surface area (TPSA) is 71.0 Å². The molecule has 0 unspecified atom stereocenters. The number of rotatable bonds is 3. The van der Waals surface area contributed by atoms with Crippen molar-refractivity contribution < 1.29 is 14.3 Å². The van der Waals surface area contributed by atoms with Gasteiger partial charge in [0.1, 0.15) is 17.7 Å². The number of carbonyl (C=O) groups is 2. The van der Waals surface area contributed by atoms with Crippen LogP contribution in [0.2, 0.25) is 0 Å². The zero-order valence-corrected chi connectivity index (χ0v) is 11.3. The highest BCUT2D eigenvalue weighted by molar-refractivity contribution is 6.18. The summed E-state index contributed by atoms with van der Waals surface area (Å²) in [5.74, 6) is -0.0893. The molecule has 1 aromatic carbocycles. The lowest BCUT2D eigenvalue weighted by molar-refractivity contribution is -0.140. The Balaban J connectivity index is 1.79. The molecule has 2 heterocycles. The van der Waals surface area contributed by atoms with E-state index in [0.29, 0.717) is 5.71 Å². The summed E-state index contributed by atoms with van der Waals surface area (Å²) >= 11 is 0. The molecule has 0 radical (unpaired) electrons. The predicted octanol–water partition coefficient (Wildman–Crippen LogP) is 0.528. The van der Waals surface area contributed by atoms with Gasteiger partial charge in [-0.05, 0) is 24.6 Å². The van der Waals surface area contributed by atoms with Crippen LogP contribution in [-0.2, 0) is 16.1 Å². The summed E-state index contributed by atoms with van der Waals surface area (Å²) in [6.07, 6.45) is 0. The number of amides is 2. The summed E-state index contributed by atoms with van der Waals surface area (Å²) in [6.45, 7) is 2.04. The van der Waals surface area contributed by atoms with Crippen molar-refractivity contribution in [2.45, 2.75) is 19.5 Å². The van der Waals surface area contributed by atoms with Crippen molar-refractivity contribution in [1.29, 1.82) is 0 Å². The van der Waals surface area contributed by atoms with E-state index >= 15 is 0 Å². The second kappa shape index (κ2) is 4.63. The van der Waals surface area contributed by atoms with Crippen molar-refractivity contribution in [2.24, 2.45) is 11.0 Å². The van der Waals surface area contributed by atoms with Crippen molar-refractivity contribution in [3.05, 3.63) is 29.8 Å². The van der Waals surface area contributed by atoms with Crippen molar-refractivity contribution in [2.75, 3.05) is 7.11 Å². The maximum Gasteiger partial charge on any atom is 0.254 e. The molecule has 20 heavy (non-hydrogen) atoms. The molecular weight excluding hydrogens is 258 g/mol. The van der Waals surface area contributed by atoms with Crippen LogP contribution in [0.3, 0.4) is 0 Å². The highest BCUT2D eigenvalue weighted by Gasteiger charge is 2.51. The minimum atomic E-state index is -0.527. The van der Waals surface area contributed by atoms with E-state index in [2.05, 4.69) is 10.5 Å². The van der Waals surface area contributed by atoms with Gasteiger partial charge in [-0.2, -0.15) is 5.10 Å². The minimum Gasteiger partial charge on any atom is -0.497 e. The number of likely N-dealkylation sites (tertiary alicyclic amines) is 1. The second-order valence-electron chi connectivity index (χ2n) is 4.95. The number of hydrazone groups is 1. The maximum absolute atomic E-state index is 12.3. The van der Waals surface area contributed by atoms with E-state index in [9.17, 15) is 9.59 Å². The fourth-order valence-corrected chi connectivity index (χ4v) is 2.59. The average molecular weight is 273 g/mol. The number of benzene rings is 1. The standard InChI is InChI=1S/C14H15N3O3/c1-8-11-12(16-15-8)14(19)17(13(11)18)7-9-3-5-10(20-2)6-4-9/h3-6,11-12,16H,7H2,1-2H3/t11-,12-/m1/s1. The van der Waals surface area contributed by atoms with Gasteiger partial charge in [0.15, 0.2) is 0 Å². The zero-order valence-electron chi connectivity index (χ0n) is 11.3. The monoisotopic (exact) mass is 273 g/mol. The molecule has 2 aliphatic heterocycles. The SMILES string of the molecule is COc1ccc(CN2C(=O)[C@@H]3C(C)=NN[C@H]3C2=O)cc1. The van der Waals surface area contributed by atoms with Crippen LogP contribution in [0, 0.1) is 5.92 Å². The fraction of sp³-hybridized carbons (Fsp3) is 0.357. The fourth-order valence-electron chi connectivity index (χ4n) is 2.59. The summed E-state index contributed by atoms with van der Waals surface area (Å²) in [5.41, 5.74) is 4.30. The summed E-state index contributed by atoms with van der Waals surface area (Å²) < 4.78 is 5.08. The maximum atomic E-state index is 12.3. The lowest BCUT2D eigenvalue weighted by Gasteiger charge is -2.15. The number of fused-ring (bicyclic) bond motifs is 1. The van der Waals surface area contributed by atoms with E-state index in [1.807, 2.05) is 24.3 Å². The first kappa shape index (κ1) is 12.7. The van der Waals surface area contributed by atoms with E-state index in [1.165, 1.54) is 4.90 Å². The van der Waals surface area contributed by atoms with Gasteiger partial charge in [-0.3, -0.25) is 19.9 Å². The molecule has 2 atom stereocenters.